The molecule has 1 aromatic carbocycles. The lowest BCUT2D eigenvalue weighted by Crippen LogP contribution is -2.82. The van der Waals surface area contributed by atoms with E-state index in [-0.39, 0.29) is 61.5 Å². The minimum Gasteiger partial charge on any atom is -0.508 e. The molecule has 22 unspecified atom stereocenters. The van der Waals surface area contributed by atoms with Gasteiger partial charge in [-0.1, -0.05) is 92.8 Å². The lowest BCUT2D eigenvalue weighted by molar-refractivity contribution is -0.330. The summed E-state index contributed by atoms with van der Waals surface area (Å²) in [6.07, 6.45) is 11.9. The average Bonchev–Trinajstić information content (AvgIpc) is 3.95. The number of hydrogen-bond donors (Lipinski definition) is 9. The normalized spacial score (nSPS) is 52.9. The molecular formula is C60H81NO12S2. The number of anilines is 1. The second-order valence-corrected chi connectivity index (χ2v) is 29.5. The van der Waals surface area contributed by atoms with E-state index in [0.717, 1.165) is 22.8 Å². The maximum atomic E-state index is 16.4. The summed E-state index contributed by atoms with van der Waals surface area (Å²) < 4.78 is 6.58. The van der Waals surface area contributed by atoms with Crippen LogP contribution in [0.5, 0.6) is 5.75 Å². The molecule has 1 amide bonds. The Labute approximate surface area is 449 Å². The van der Waals surface area contributed by atoms with Crippen molar-refractivity contribution in [3.05, 3.63) is 59.7 Å². The molecule has 1 aromatic rings. The number of benzene rings is 1. The molecule has 2 saturated heterocycles. The Morgan fingerprint density at radius 2 is 1.65 bits per heavy atom. The van der Waals surface area contributed by atoms with Gasteiger partial charge in [-0.3, -0.25) is 9.59 Å². The molecule has 410 valence electrons. The number of phenols is 1. The van der Waals surface area contributed by atoms with Gasteiger partial charge >= 0.3 is 0 Å². The zero-order chi connectivity index (χ0) is 52.8. The third-order valence-corrected chi connectivity index (χ3v) is 27.7. The topological polar surface area (TPSA) is 232 Å². The number of ether oxygens (including phenoxy) is 1. The van der Waals surface area contributed by atoms with Crippen molar-refractivity contribution < 1.29 is 60.3 Å². The summed E-state index contributed by atoms with van der Waals surface area (Å²) in [5, 5.41) is 116. The van der Waals surface area contributed by atoms with Crippen LogP contribution in [0.25, 0.3) is 0 Å². The molecule has 0 radical (unpaired) electrons. The molecular weight excluding hydrogens is 991 g/mol. The predicted octanol–water partition coefficient (Wildman–Crippen LogP) is 6.54. The monoisotopic (exact) mass is 1070 g/mol. The first-order chi connectivity index (χ1) is 35.7. The summed E-state index contributed by atoms with van der Waals surface area (Å²) in [6.45, 7) is 8.48. The zero-order valence-corrected chi connectivity index (χ0v) is 45.8. The van der Waals surface area contributed by atoms with E-state index in [9.17, 15) is 46.0 Å². The van der Waals surface area contributed by atoms with Gasteiger partial charge in [0.2, 0.25) is 5.91 Å². The van der Waals surface area contributed by atoms with Gasteiger partial charge in [-0.05, 0) is 160 Å². The highest BCUT2D eigenvalue weighted by Gasteiger charge is 2.86. The molecule has 5 heterocycles. The molecule has 15 rings (SSSR count). The number of epoxide rings is 1. The second kappa shape index (κ2) is 17.1. The van der Waals surface area contributed by atoms with Crippen molar-refractivity contribution in [2.24, 2.45) is 79.8 Å². The number of aromatic hydroxyl groups is 1. The smallest absolute Gasteiger partial charge is 0.234 e. The minimum absolute atomic E-state index is 0.0254. The molecule has 5 spiro atoms. The largest absolute Gasteiger partial charge is 0.508 e. The number of ketones is 1. The van der Waals surface area contributed by atoms with Gasteiger partial charge in [-0.2, -0.15) is 0 Å². The highest BCUT2D eigenvalue weighted by molar-refractivity contribution is 8.76. The number of hydrogen-bond acceptors (Lipinski definition) is 14. The van der Waals surface area contributed by atoms with E-state index in [4.69, 9.17) is 4.74 Å². The van der Waals surface area contributed by atoms with Crippen LogP contribution in [-0.2, 0) is 20.7 Å². The Morgan fingerprint density at radius 3 is 2.40 bits per heavy atom. The maximum Gasteiger partial charge on any atom is 0.234 e. The molecule has 13 nitrogen and oxygen atoms in total. The first kappa shape index (κ1) is 52.1. The van der Waals surface area contributed by atoms with Gasteiger partial charge < -0.3 is 55.6 Å². The number of phenolic OH excluding ortho intramolecular Hbond substituents is 1. The van der Waals surface area contributed by atoms with E-state index >= 15 is 9.59 Å². The highest BCUT2D eigenvalue weighted by atomic mass is 33.1. The maximum absolute atomic E-state index is 16.4. The van der Waals surface area contributed by atoms with Crippen LogP contribution in [0.2, 0.25) is 0 Å². The van der Waals surface area contributed by atoms with Gasteiger partial charge in [0.15, 0.2) is 5.78 Å². The van der Waals surface area contributed by atoms with Crippen LogP contribution in [0.4, 0.5) is 5.69 Å². The summed E-state index contributed by atoms with van der Waals surface area (Å²) in [4.78, 5) is 34.2. The lowest BCUT2D eigenvalue weighted by Gasteiger charge is -2.76. The SMILES string of the molecule is CC(C)C(C)C1OC1C1(O)CC=CC2CC3C4=CC(=O)C5(CC(O)C6(O)C(O)C=CC7CCCC76C35C)C(O)SSCC3CCCC(CO)C35C(=O)N(CC53CCCC3O)c3cc(O)cc(c3)CCC23C1CCC43O. The van der Waals surface area contributed by atoms with E-state index in [0.29, 0.717) is 106 Å². The Kier molecular flexibility index (Phi) is 11.9. The molecule has 22 atom stereocenters. The highest BCUT2D eigenvalue weighted by Crippen LogP contribution is 2.83. The van der Waals surface area contributed by atoms with E-state index in [2.05, 4.69) is 32.9 Å². The Bertz CT molecular complexity index is 2650. The fourth-order valence-corrected chi connectivity index (χ4v) is 24.7. The van der Waals surface area contributed by atoms with Gasteiger partial charge in [0.1, 0.15) is 34.6 Å². The summed E-state index contributed by atoms with van der Waals surface area (Å²) in [7, 11) is 2.54. The lowest BCUT2D eigenvalue weighted by atomic mass is 9.29. The van der Waals surface area contributed by atoms with Crippen LogP contribution < -0.4 is 4.90 Å². The van der Waals surface area contributed by atoms with E-state index in [1.54, 1.807) is 29.2 Å². The molecule has 6 saturated carbocycles. The predicted molar refractivity (Wildman–Crippen MR) is 285 cm³/mol. The molecule has 9 aliphatic carbocycles. The first-order valence-corrected chi connectivity index (χ1v) is 31.2. The van der Waals surface area contributed by atoms with Gasteiger partial charge in [-0.15, -0.1) is 0 Å². The molecule has 9 N–H and O–H groups in total. The number of carbonyl (C=O) groups excluding carboxylic acids is 2. The quantitative estimate of drug-likeness (QED) is 0.0886. The van der Waals surface area contributed by atoms with Crippen LogP contribution >= 0.6 is 21.6 Å². The fraction of sp³-hybridized carbons (Fsp3) is 0.767. The van der Waals surface area contributed by atoms with Crippen LogP contribution in [-0.4, -0.2) is 129 Å². The van der Waals surface area contributed by atoms with Gasteiger partial charge in [0.05, 0.1) is 34.7 Å². The van der Waals surface area contributed by atoms with E-state index < -0.39 is 109 Å². The van der Waals surface area contributed by atoms with Crippen LogP contribution in [0.1, 0.15) is 130 Å². The third-order valence-electron chi connectivity index (χ3n) is 25.1. The minimum atomic E-state index is -2.11. The number of fused-ring (bicyclic) bond motifs is 1. The Hall–Kier alpha value is -2.28. The summed E-state index contributed by atoms with van der Waals surface area (Å²) in [5.41, 5.74) is -12.5. The standard InChI is InChI=1S/C60H81NO12S2/c1-32(2)33(3)48-49(73-48)56(70)19-6-12-36-25-41-42-27-46(66)55(28-47(67)60(72)45(65)15-14-35-11-7-20-57(35,60)52(41,55)4)51(69)75-74-30-38-10-5-9-37(29-62)59(38)50(68)61(31-53(59)18-8-13-44(53)64)39-23-34(24-40(63)26-39)16-21-54(36)43(56)17-22-58(42,54)71/h6,12,14-15,23-24,26-27,32-33,35-38,41,43-45,47-49,51,62-65,67,69-72H,5,7-11,13,16-22,25,28-31H2,1-4H3. The van der Waals surface area contributed by atoms with Crippen molar-refractivity contribution in [3.63, 3.8) is 0 Å². The Morgan fingerprint density at radius 1 is 0.867 bits per heavy atom. The van der Waals surface area contributed by atoms with Gasteiger partial charge in [-0.25, -0.2) is 0 Å². The fourth-order valence-electron chi connectivity index (χ4n) is 21.7. The number of carbonyl (C=O) groups is 2. The molecule has 15 heteroatoms. The van der Waals surface area contributed by atoms with Crippen molar-refractivity contribution in [2.45, 2.75) is 183 Å². The van der Waals surface area contributed by atoms with Crippen molar-refractivity contribution in [1.82, 2.24) is 0 Å². The third kappa shape index (κ3) is 6.02. The first-order valence-electron chi connectivity index (χ1n) is 28.9. The molecule has 8 bridgehead atoms. The molecule has 0 aromatic heterocycles. The summed E-state index contributed by atoms with van der Waals surface area (Å²) in [6, 6.07) is 5.31. The number of aliphatic hydroxyl groups is 8. The van der Waals surface area contributed by atoms with Gasteiger partial charge in [0, 0.05) is 52.8 Å². The number of aliphatic hydroxyl groups excluding tert-OH is 5. The van der Waals surface area contributed by atoms with Crippen LogP contribution in [0.3, 0.4) is 0 Å². The summed E-state index contributed by atoms with van der Waals surface area (Å²) in [5.74, 6) is -2.59. The molecule has 75 heavy (non-hydrogen) atoms. The van der Waals surface area contributed by atoms with Gasteiger partial charge in [0.25, 0.3) is 0 Å². The second-order valence-electron chi connectivity index (χ2n) is 27.0. The van der Waals surface area contributed by atoms with Crippen molar-refractivity contribution >= 4 is 39.0 Å². The zero-order valence-electron chi connectivity index (χ0n) is 44.2. The van der Waals surface area contributed by atoms with Crippen molar-refractivity contribution in [1.29, 1.82) is 0 Å². The Balaban J connectivity index is 1.05. The van der Waals surface area contributed by atoms with E-state index in [1.807, 2.05) is 19.1 Å². The number of aryl methyl sites for hydroxylation is 1. The van der Waals surface area contributed by atoms with Crippen LogP contribution in [0, 0.1) is 79.8 Å². The number of allylic oxidation sites excluding steroid dienone is 3. The van der Waals surface area contributed by atoms with Crippen LogP contribution in [0.15, 0.2) is 54.2 Å². The molecule has 14 aliphatic rings. The van der Waals surface area contributed by atoms with Crippen molar-refractivity contribution in [3.8, 4) is 5.75 Å². The van der Waals surface area contributed by atoms with E-state index in [1.165, 1.54) is 10.8 Å². The van der Waals surface area contributed by atoms with Crippen molar-refractivity contribution in [2.75, 3.05) is 23.8 Å². The molecule has 8 fully saturated rings. The molecule has 5 aliphatic heterocycles. The summed E-state index contributed by atoms with van der Waals surface area (Å²) >= 11 is 0. The number of nitrogens with zero attached hydrogens (tertiary/aromatic N) is 1. The average molecular weight is 1070 g/mol. The number of rotatable bonds is 4. The number of amides is 1.